The molecule has 0 atom stereocenters. The molecule has 0 amide bonds. The summed E-state index contributed by atoms with van der Waals surface area (Å²) in [6, 6.07) is 0. The second kappa shape index (κ2) is 7.84. The quantitative estimate of drug-likeness (QED) is 0.566. The second-order valence-corrected chi connectivity index (χ2v) is 4.96. The van der Waals surface area contributed by atoms with Crippen molar-refractivity contribution in [2.75, 3.05) is 5.75 Å². The van der Waals surface area contributed by atoms with Gasteiger partial charge in [-0.05, 0) is 19.3 Å². The minimum atomic E-state index is -3.79. The lowest BCUT2D eigenvalue weighted by molar-refractivity contribution is 0.383. The fourth-order valence-corrected chi connectivity index (χ4v) is 1.20. The summed E-state index contributed by atoms with van der Waals surface area (Å²) in [5.74, 6) is -0.368. The molecule has 5 heteroatoms. The largest absolute Gasteiger partial charge is 0.325 e. The summed E-state index contributed by atoms with van der Waals surface area (Å²) < 4.78 is 27.3. The van der Waals surface area contributed by atoms with E-state index in [2.05, 4.69) is 27.4 Å². The van der Waals surface area contributed by atoms with E-state index >= 15 is 0 Å². The lowest BCUT2D eigenvalue weighted by Gasteiger charge is -2.23. The van der Waals surface area contributed by atoms with Crippen molar-refractivity contribution in [1.29, 1.82) is 0 Å². The summed E-state index contributed by atoms with van der Waals surface area (Å²) in [5.41, 5.74) is 6.02. The Morgan fingerprint density at radius 1 is 1.27 bits per heavy atom. The van der Waals surface area contributed by atoms with Gasteiger partial charge in [0.1, 0.15) is 0 Å². The lowest BCUT2D eigenvalue weighted by Crippen LogP contribution is -2.37. The zero-order valence-electron chi connectivity index (χ0n) is 9.86. The van der Waals surface area contributed by atoms with Gasteiger partial charge in [-0.3, -0.25) is 4.55 Å². The van der Waals surface area contributed by atoms with E-state index in [1.54, 1.807) is 0 Å². The van der Waals surface area contributed by atoms with Gasteiger partial charge in [0, 0.05) is 5.54 Å². The highest BCUT2D eigenvalue weighted by Crippen LogP contribution is 2.14. The van der Waals surface area contributed by atoms with Crippen molar-refractivity contribution >= 4 is 10.1 Å². The summed E-state index contributed by atoms with van der Waals surface area (Å²) in [6.07, 6.45) is 4.41. The minimum absolute atomic E-state index is 0.125. The summed E-state index contributed by atoms with van der Waals surface area (Å²) in [6.45, 7) is 9.54. The molecule has 0 radical (unpaired) electrons. The zero-order chi connectivity index (χ0) is 12.5. The molecule has 0 aromatic heterocycles. The topological polar surface area (TPSA) is 80.4 Å². The standard InChI is InChI=1S/C7H17N.C3H6O3S/c1-4-7(8,5-2)6-3;1-2-3-7(4,5)6/h4-6,8H2,1-3H3;2H,1,3H2,(H,4,5,6). The normalized spacial score (nSPS) is 11.5. The minimum Gasteiger partial charge on any atom is -0.325 e. The van der Waals surface area contributed by atoms with Crippen molar-refractivity contribution < 1.29 is 13.0 Å². The average Bonchev–Trinajstić information content (AvgIpc) is 2.16. The third-order valence-electron chi connectivity index (χ3n) is 2.44. The fraction of sp³-hybridized carbons (Fsp3) is 0.800. The van der Waals surface area contributed by atoms with Gasteiger partial charge >= 0.3 is 0 Å². The highest BCUT2D eigenvalue weighted by molar-refractivity contribution is 7.85. The van der Waals surface area contributed by atoms with Crippen molar-refractivity contribution in [3.05, 3.63) is 12.7 Å². The average molecular weight is 237 g/mol. The Hall–Kier alpha value is -0.390. The Kier molecular flexibility index (Phi) is 8.90. The zero-order valence-corrected chi connectivity index (χ0v) is 10.7. The van der Waals surface area contributed by atoms with Crippen LogP contribution in [0.3, 0.4) is 0 Å². The van der Waals surface area contributed by atoms with Crippen molar-refractivity contribution in [3.63, 3.8) is 0 Å². The molecule has 0 aromatic carbocycles. The summed E-state index contributed by atoms with van der Waals surface area (Å²) in [4.78, 5) is 0. The van der Waals surface area contributed by atoms with Gasteiger partial charge in [0.05, 0.1) is 5.75 Å². The molecule has 0 aromatic rings. The van der Waals surface area contributed by atoms with Gasteiger partial charge in [-0.15, -0.1) is 6.58 Å². The van der Waals surface area contributed by atoms with Gasteiger partial charge < -0.3 is 5.73 Å². The van der Waals surface area contributed by atoms with Crippen LogP contribution < -0.4 is 5.73 Å². The molecule has 0 saturated carbocycles. The number of nitrogens with two attached hydrogens (primary N) is 1. The Balaban J connectivity index is 0. The van der Waals surface area contributed by atoms with Crippen LogP contribution in [0.4, 0.5) is 0 Å². The molecule has 0 aliphatic rings. The van der Waals surface area contributed by atoms with E-state index in [-0.39, 0.29) is 11.3 Å². The Morgan fingerprint density at radius 3 is 1.60 bits per heavy atom. The monoisotopic (exact) mass is 237 g/mol. The molecule has 0 unspecified atom stereocenters. The fourth-order valence-electron chi connectivity index (χ4n) is 0.899. The van der Waals surface area contributed by atoms with Crippen molar-refractivity contribution in [1.82, 2.24) is 0 Å². The van der Waals surface area contributed by atoms with Crippen LogP contribution in [0.5, 0.6) is 0 Å². The highest BCUT2D eigenvalue weighted by atomic mass is 32.2. The van der Waals surface area contributed by atoms with Gasteiger partial charge in [-0.2, -0.15) is 8.42 Å². The molecule has 0 aliphatic carbocycles. The Bertz CT molecular complexity index is 248. The molecular formula is C10H23NO3S. The van der Waals surface area contributed by atoms with Crippen LogP contribution in [0.2, 0.25) is 0 Å². The van der Waals surface area contributed by atoms with Crippen LogP contribution in [0.15, 0.2) is 12.7 Å². The first-order valence-corrected chi connectivity index (χ1v) is 6.70. The van der Waals surface area contributed by atoms with Gasteiger partial charge in [-0.25, -0.2) is 0 Å². The number of rotatable bonds is 5. The summed E-state index contributed by atoms with van der Waals surface area (Å²) in [5, 5.41) is 0. The van der Waals surface area contributed by atoms with Gasteiger partial charge in [0.25, 0.3) is 10.1 Å². The Morgan fingerprint density at radius 2 is 1.60 bits per heavy atom. The molecule has 0 spiro atoms. The van der Waals surface area contributed by atoms with Crippen molar-refractivity contribution in [3.8, 4) is 0 Å². The van der Waals surface area contributed by atoms with E-state index in [1.807, 2.05) is 0 Å². The molecule has 4 nitrogen and oxygen atoms in total. The maximum atomic E-state index is 9.72. The van der Waals surface area contributed by atoms with Gasteiger partial charge in [0.2, 0.25) is 0 Å². The van der Waals surface area contributed by atoms with E-state index in [1.165, 1.54) is 0 Å². The Labute approximate surface area is 93.3 Å². The third kappa shape index (κ3) is 11.5. The van der Waals surface area contributed by atoms with E-state index in [4.69, 9.17) is 10.3 Å². The van der Waals surface area contributed by atoms with E-state index in [0.29, 0.717) is 0 Å². The summed E-state index contributed by atoms with van der Waals surface area (Å²) >= 11 is 0. The van der Waals surface area contributed by atoms with E-state index in [0.717, 1.165) is 25.3 Å². The maximum absolute atomic E-state index is 9.72. The van der Waals surface area contributed by atoms with Crippen LogP contribution >= 0.6 is 0 Å². The molecule has 0 heterocycles. The molecule has 92 valence electrons. The molecular weight excluding hydrogens is 214 g/mol. The predicted molar refractivity (Wildman–Crippen MR) is 64.4 cm³/mol. The number of hydrogen-bond donors (Lipinski definition) is 2. The summed E-state index contributed by atoms with van der Waals surface area (Å²) in [7, 11) is -3.79. The molecule has 15 heavy (non-hydrogen) atoms. The SMILES string of the molecule is C=CCS(=O)(=O)O.CCC(N)(CC)CC. The smallest absolute Gasteiger partial charge is 0.268 e. The first-order chi connectivity index (χ1) is 6.74. The molecule has 3 N–H and O–H groups in total. The first-order valence-electron chi connectivity index (χ1n) is 5.09. The van der Waals surface area contributed by atoms with Crippen LogP contribution in [-0.2, 0) is 10.1 Å². The molecule has 0 fully saturated rings. The van der Waals surface area contributed by atoms with Crippen LogP contribution in [0.25, 0.3) is 0 Å². The van der Waals surface area contributed by atoms with E-state index < -0.39 is 10.1 Å². The van der Waals surface area contributed by atoms with E-state index in [9.17, 15) is 8.42 Å². The highest BCUT2D eigenvalue weighted by Gasteiger charge is 2.15. The lowest BCUT2D eigenvalue weighted by atomic mass is 9.92. The second-order valence-electron chi connectivity index (χ2n) is 3.46. The molecule has 0 aliphatic heterocycles. The third-order valence-corrected chi connectivity index (χ3v) is 3.10. The number of hydrogen-bond acceptors (Lipinski definition) is 3. The maximum Gasteiger partial charge on any atom is 0.268 e. The van der Waals surface area contributed by atoms with Crippen LogP contribution in [0.1, 0.15) is 40.0 Å². The van der Waals surface area contributed by atoms with Crippen LogP contribution in [0, 0.1) is 0 Å². The molecule has 0 bridgehead atoms. The molecule has 0 rings (SSSR count). The molecule has 0 saturated heterocycles. The van der Waals surface area contributed by atoms with Crippen molar-refractivity contribution in [2.24, 2.45) is 5.73 Å². The van der Waals surface area contributed by atoms with Crippen LogP contribution in [-0.4, -0.2) is 24.3 Å². The first kappa shape index (κ1) is 17.0. The van der Waals surface area contributed by atoms with Crippen molar-refractivity contribution in [2.45, 2.75) is 45.6 Å². The predicted octanol–water partition coefficient (Wildman–Crippen LogP) is 1.97. The van der Waals surface area contributed by atoms with Gasteiger partial charge in [-0.1, -0.05) is 26.8 Å². The van der Waals surface area contributed by atoms with Gasteiger partial charge in [0.15, 0.2) is 0 Å².